The minimum Gasteiger partial charge on any atom is -0.466 e. The second kappa shape index (κ2) is 8.53. The van der Waals surface area contributed by atoms with Gasteiger partial charge in [0.2, 0.25) is 12.1 Å². The van der Waals surface area contributed by atoms with Crippen LogP contribution in [0.4, 0.5) is 0 Å². The molecule has 1 saturated carbocycles. The molecule has 0 radical (unpaired) electrons. The number of hydrogen-bond donors (Lipinski definition) is 0. The third-order valence-corrected chi connectivity index (χ3v) is 7.97. The molecule has 0 N–H and O–H groups in total. The molecule has 1 aromatic carbocycles. The van der Waals surface area contributed by atoms with E-state index in [1.165, 1.54) is 11.6 Å². The van der Waals surface area contributed by atoms with Gasteiger partial charge in [0.05, 0.1) is 17.9 Å². The summed E-state index contributed by atoms with van der Waals surface area (Å²) < 4.78 is 18.2. The van der Waals surface area contributed by atoms with Crippen molar-refractivity contribution in [3.63, 3.8) is 0 Å². The fraction of sp³-hybridized carbons (Fsp3) is 0.615. The molecule has 4 aliphatic heterocycles. The maximum absolute atomic E-state index is 12.3. The quantitative estimate of drug-likeness (QED) is 0.259. The van der Waals surface area contributed by atoms with Crippen molar-refractivity contribution in [3.05, 3.63) is 46.7 Å². The zero-order valence-electron chi connectivity index (χ0n) is 19.5. The van der Waals surface area contributed by atoms with E-state index in [4.69, 9.17) is 24.0 Å². The molecule has 1 aromatic rings. The van der Waals surface area contributed by atoms with Gasteiger partial charge in [-0.05, 0) is 63.2 Å². The van der Waals surface area contributed by atoms with Crippen LogP contribution in [-0.2, 0) is 24.0 Å². The van der Waals surface area contributed by atoms with Crippen LogP contribution in [0, 0.1) is 17.8 Å². The Morgan fingerprint density at radius 2 is 2.09 bits per heavy atom. The van der Waals surface area contributed by atoms with Gasteiger partial charge in [0, 0.05) is 30.2 Å². The molecule has 0 aromatic heterocycles. The molecule has 4 fully saturated rings. The Bertz CT molecular complexity index is 971. The first kappa shape index (κ1) is 22.6. The number of ether oxygens (including phenoxy) is 3. The van der Waals surface area contributed by atoms with Crippen molar-refractivity contribution in [2.75, 3.05) is 6.61 Å². The van der Waals surface area contributed by atoms with Crippen LogP contribution in [0.2, 0.25) is 0 Å². The van der Waals surface area contributed by atoms with Crippen LogP contribution in [0.25, 0.3) is 0 Å². The van der Waals surface area contributed by atoms with Crippen molar-refractivity contribution in [1.82, 2.24) is 0 Å². The standard InChI is InChI=1S/C26H32O7/c1-16-9-10-21-17(2)22(8-5-13-29-23(28)19-7-4-6-18(14-19)15-27)30-24-26(21)20(16)11-12-25(3,31-24)32-33-26/h4,6-7,14-16,20-21,24H,5,8-13H2,1-3H3/t16-,20+,21+,24?,25+,26-/m1/s1. The molecule has 6 rings (SSSR count). The first-order valence-corrected chi connectivity index (χ1v) is 12.0. The fourth-order valence-electron chi connectivity index (χ4n) is 6.15. The number of aldehydes is 1. The number of esters is 1. The topological polar surface area (TPSA) is 80.3 Å². The van der Waals surface area contributed by atoms with Crippen molar-refractivity contribution in [1.29, 1.82) is 0 Å². The van der Waals surface area contributed by atoms with E-state index in [2.05, 4.69) is 13.8 Å². The van der Waals surface area contributed by atoms with E-state index in [9.17, 15) is 9.59 Å². The summed E-state index contributed by atoms with van der Waals surface area (Å²) in [6.45, 7) is 6.61. The molecule has 7 nitrogen and oxygen atoms in total. The maximum Gasteiger partial charge on any atom is 0.338 e. The largest absolute Gasteiger partial charge is 0.466 e. The van der Waals surface area contributed by atoms with Crippen LogP contribution < -0.4 is 0 Å². The van der Waals surface area contributed by atoms with Crippen LogP contribution in [0.3, 0.4) is 0 Å². The average Bonchev–Trinajstić information content (AvgIpc) is 3.05. The van der Waals surface area contributed by atoms with Gasteiger partial charge in [0.15, 0.2) is 5.60 Å². The lowest BCUT2D eigenvalue weighted by Gasteiger charge is -2.57. The predicted octanol–water partition coefficient (Wildman–Crippen LogP) is 4.96. The molecule has 5 aliphatic rings. The highest BCUT2D eigenvalue weighted by molar-refractivity contribution is 5.91. The highest BCUT2D eigenvalue weighted by Gasteiger charge is 2.68. The van der Waals surface area contributed by atoms with Gasteiger partial charge in [-0.25, -0.2) is 14.6 Å². The number of carbonyl (C=O) groups excluding carboxylic acids is 2. The number of rotatable bonds is 6. The summed E-state index contributed by atoms with van der Waals surface area (Å²) in [5, 5.41) is 0. The zero-order chi connectivity index (χ0) is 23.2. The van der Waals surface area contributed by atoms with Gasteiger partial charge in [-0.15, -0.1) is 0 Å². The molecular weight excluding hydrogens is 424 g/mol. The van der Waals surface area contributed by atoms with Crippen LogP contribution in [-0.4, -0.2) is 36.5 Å². The van der Waals surface area contributed by atoms with E-state index < -0.39 is 23.6 Å². The summed E-state index contributed by atoms with van der Waals surface area (Å²) in [6, 6.07) is 6.51. The molecule has 0 amide bonds. The Hall–Kier alpha value is -2.22. The second-order valence-corrected chi connectivity index (χ2v) is 10.1. The molecule has 7 heteroatoms. The van der Waals surface area contributed by atoms with Crippen molar-refractivity contribution in [2.24, 2.45) is 17.8 Å². The van der Waals surface area contributed by atoms with Gasteiger partial charge in [-0.3, -0.25) is 4.79 Å². The summed E-state index contributed by atoms with van der Waals surface area (Å²) in [6.07, 6.45) is 5.44. The lowest BCUT2D eigenvalue weighted by molar-refractivity contribution is -0.556. The average molecular weight is 457 g/mol. The second-order valence-electron chi connectivity index (χ2n) is 10.1. The van der Waals surface area contributed by atoms with E-state index in [-0.39, 0.29) is 12.5 Å². The molecule has 33 heavy (non-hydrogen) atoms. The van der Waals surface area contributed by atoms with Gasteiger partial charge in [0.1, 0.15) is 6.29 Å². The minimum atomic E-state index is -0.792. The van der Waals surface area contributed by atoms with E-state index in [1.54, 1.807) is 18.2 Å². The number of carbonyl (C=O) groups is 2. The molecule has 1 unspecified atom stereocenters. The first-order valence-electron chi connectivity index (χ1n) is 12.0. The predicted molar refractivity (Wildman–Crippen MR) is 118 cm³/mol. The van der Waals surface area contributed by atoms with Crippen LogP contribution >= 0.6 is 0 Å². The lowest BCUT2D eigenvalue weighted by atomic mass is 9.59. The zero-order valence-corrected chi connectivity index (χ0v) is 19.5. The summed E-state index contributed by atoms with van der Waals surface area (Å²) in [7, 11) is 0. The highest BCUT2D eigenvalue weighted by atomic mass is 17.3. The SMILES string of the molecule is CC1=C(CCCOC(=O)c2cccc(C=O)c2)OC2O[C@]3(C)CC[C@H]4[C@H](C)CC[C@@H]1[C@@]24OO3. The minimum absolute atomic E-state index is 0.184. The number of benzene rings is 1. The van der Waals surface area contributed by atoms with Gasteiger partial charge in [0.25, 0.3) is 0 Å². The number of fused-ring (bicyclic) bond motifs is 2. The van der Waals surface area contributed by atoms with Crippen molar-refractivity contribution < 1.29 is 33.6 Å². The number of hydrogen-bond acceptors (Lipinski definition) is 7. The Balaban J connectivity index is 1.27. The summed E-state index contributed by atoms with van der Waals surface area (Å²) >= 11 is 0. The molecule has 3 saturated heterocycles. The third kappa shape index (κ3) is 3.80. The van der Waals surface area contributed by atoms with Crippen LogP contribution in [0.15, 0.2) is 35.6 Å². The monoisotopic (exact) mass is 456 g/mol. The smallest absolute Gasteiger partial charge is 0.338 e. The van der Waals surface area contributed by atoms with E-state index in [1.807, 2.05) is 6.92 Å². The molecule has 2 bridgehead atoms. The van der Waals surface area contributed by atoms with Crippen molar-refractivity contribution >= 4 is 12.3 Å². The van der Waals surface area contributed by atoms with Gasteiger partial charge < -0.3 is 14.2 Å². The number of allylic oxidation sites excluding steroid dienone is 1. The highest BCUT2D eigenvalue weighted by Crippen LogP contribution is 2.60. The van der Waals surface area contributed by atoms with E-state index >= 15 is 0 Å². The summed E-state index contributed by atoms with van der Waals surface area (Å²) in [4.78, 5) is 35.2. The third-order valence-electron chi connectivity index (χ3n) is 7.97. The summed E-state index contributed by atoms with van der Waals surface area (Å²) in [5.41, 5.74) is 1.41. The van der Waals surface area contributed by atoms with E-state index in [0.29, 0.717) is 42.1 Å². The molecule has 1 spiro atoms. The molecule has 4 heterocycles. The Kier molecular flexibility index (Phi) is 5.83. The Morgan fingerprint density at radius 3 is 2.91 bits per heavy atom. The molecule has 6 atom stereocenters. The van der Waals surface area contributed by atoms with Crippen LogP contribution in [0.5, 0.6) is 0 Å². The molecular formula is C26H32O7. The molecule has 1 aliphatic carbocycles. The fourth-order valence-corrected chi connectivity index (χ4v) is 6.15. The van der Waals surface area contributed by atoms with Gasteiger partial charge in [-0.1, -0.05) is 19.1 Å². The molecule has 178 valence electrons. The Morgan fingerprint density at radius 1 is 1.24 bits per heavy atom. The summed E-state index contributed by atoms with van der Waals surface area (Å²) in [5.74, 6) is 0.711. The lowest BCUT2D eigenvalue weighted by Crippen LogP contribution is -2.66. The van der Waals surface area contributed by atoms with Crippen LogP contribution in [0.1, 0.15) is 80.0 Å². The van der Waals surface area contributed by atoms with Gasteiger partial charge in [-0.2, -0.15) is 0 Å². The van der Waals surface area contributed by atoms with Crippen molar-refractivity contribution in [3.8, 4) is 0 Å². The normalized spacial score (nSPS) is 37.1. The van der Waals surface area contributed by atoms with Crippen molar-refractivity contribution in [2.45, 2.75) is 77.0 Å². The van der Waals surface area contributed by atoms with E-state index in [0.717, 1.165) is 31.4 Å². The Labute approximate surface area is 194 Å². The first-order chi connectivity index (χ1) is 15.9. The maximum atomic E-state index is 12.3. The van der Waals surface area contributed by atoms with Gasteiger partial charge >= 0.3 is 5.97 Å².